The Balaban J connectivity index is 3.00. The third-order valence-electron chi connectivity index (χ3n) is 2.39. The van der Waals surface area contributed by atoms with E-state index in [0.717, 1.165) is 10.7 Å². The summed E-state index contributed by atoms with van der Waals surface area (Å²) in [5.74, 6) is 0. The van der Waals surface area contributed by atoms with Crippen molar-refractivity contribution in [2.45, 2.75) is 11.3 Å². The molecule has 0 heterocycles. The fraction of sp³-hybridized carbons (Fsp3) is 0.400. The van der Waals surface area contributed by atoms with Crippen molar-refractivity contribution < 1.29 is 13.5 Å². The normalized spacial score (nSPS) is 15.8. The average Bonchev–Trinajstić information content (AvgIpc) is 2.17. The summed E-state index contributed by atoms with van der Waals surface area (Å²) in [6.07, 6.45) is 1.08. The number of benzene rings is 1. The predicted octanol–water partition coefficient (Wildman–Crippen LogP) is 0.854. The molecule has 0 saturated carbocycles. The summed E-state index contributed by atoms with van der Waals surface area (Å²) in [6, 6.07) is 6.33. The minimum Gasteiger partial charge on any atom is -0.395 e. The van der Waals surface area contributed by atoms with Crippen molar-refractivity contribution in [2.75, 3.05) is 12.9 Å². The zero-order valence-corrected chi connectivity index (χ0v) is 11.2. The highest BCUT2D eigenvalue weighted by Gasteiger charge is 2.27. The first-order chi connectivity index (χ1) is 7.36. The molecule has 4 nitrogen and oxygen atoms in total. The smallest absolute Gasteiger partial charge is 0.154 e. The first kappa shape index (κ1) is 13.6. The Morgan fingerprint density at radius 3 is 2.25 bits per heavy atom. The van der Waals surface area contributed by atoms with Crippen molar-refractivity contribution in [3.8, 4) is 0 Å². The molecule has 0 saturated heterocycles. The SMILES string of the molecule is CS(=O)(=O)[C@@H](CO)[C@H](N)c1ccc(Br)cc1. The highest BCUT2D eigenvalue weighted by molar-refractivity contribution is 9.10. The Kier molecular flexibility index (Phi) is 4.49. The number of hydrogen-bond acceptors (Lipinski definition) is 4. The van der Waals surface area contributed by atoms with E-state index < -0.39 is 27.7 Å². The number of halogens is 1. The molecule has 0 bridgehead atoms. The molecule has 1 rings (SSSR count). The Bertz CT molecular complexity index is 444. The van der Waals surface area contributed by atoms with E-state index in [2.05, 4.69) is 15.9 Å². The molecule has 0 spiro atoms. The topological polar surface area (TPSA) is 80.4 Å². The van der Waals surface area contributed by atoms with Gasteiger partial charge < -0.3 is 10.8 Å². The van der Waals surface area contributed by atoms with Gasteiger partial charge in [-0.25, -0.2) is 8.42 Å². The molecule has 0 unspecified atom stereocenters. The Morgan fingerprint density at radius 2 is 1.88 bits per heavy atom. The van der Waals surface area contributed by atoms with E-state index in [0.29, 0.717) is 5.56 Å². The van der Waals surface area contributed by atoms with Gasteiger partial charge in [-0.3, -0.25) is 0 Å². The van der Waals surface area contributed by atoms with Crippen LogP contribution in [0.25, 0.3) is 0 Å². The van der Waals surface area contributed by atoms with E-state index in [4.69, 9.17) is 10.8 Å². The van der Waals surface area contributed by atoms with Crippen molar-refractivity contribution in [1.29, 1.82) is 0 Å². The highest BCUT2D eigenvalue weighted by atomic mass is 79.9. The van der Waals surface area contributed by atoms with E-state index in [9.17, 15) is 8.42 Å². The first-order valence-electron chi connectivity index (χ1n) is 4.67. The second-order valence-electron chi connectivity index (χ2n) is 3.63. The average molecular weight is 308 g/mol. The molecule has 0 aromatic heterocycles. The molecule has 1 aromatic rings. The van der Waals surface area contributed by atoms with Gasteiger partial charge in [0.2, 0.25) is 0 Å². The molecule has 6 heteroatoms. The van der Waals surface area contributed by atoms with Gasteiger partial charge in [0.1, 0.15) is 5.25 Å². The van der Waals surface area contributed by atoms with Crippen LogP contribution in [0, 0.1) is 0 Å². The Morgan fingerprint density at radius 1 is 1.38 bits per heavy atom. The number of nitrogens with two attached hydrogens (primary N) is 1. The van der Waals surface area contributed by atoms with Crippen molar-refractivity contribution in [3.63, 3.8) is 0 Å². The summed E-state index contributed by atoms with van der Waals surface area (Å²) in [5.41, 5.74) is 6.52. The number of aliphatic hydroxyl groups excluding tert-OH is 1. The van der Waals surface area contributed by atoms with Gasteiger partial charge in [-0.1, -0.05) is 28.1 Å². The minimum absolute atomic E-state index is 0.476. The Labute approximate surface area is 104 Å². The lowest BCUT2D eigenvalue weighted by Crippen LogP contribution is -2.36. The molecule has 90 valence electrons. The third-order valence-corrected chi connectivity index (χ3v) is 4.46. The second kappa shape index (κ2) is 5.27. The van der Waals surface area contributed by atoms with Crippen molar-refractivity contribution in [2.24, 2.45) is 5.73 Å². The number of sulfone groups is 1. The van der Waals surface area contributed by atoms with Crippen molar-refractivity contribution in [3.05, 3.63) is 34.3 Å². The van der Waals surface area contributed by atoms with Crippen LogP contribution >= 0.6 is 15.9 Å². The fourth-order valence-corrected chi connectivity index (χ4v) is 2.64. The van der Waals surface area contributed by atoms with Crippen LogP contribution in [0.1, 0.15) is 11.6 Å². The van der Waals surface area contributed by atoms with E-state index in [-0.39, 0.29) is 0 Å². The van der Waals surface area contributed by atoms with Crippen LogP contribution in [-0.2, 0) is 9.84 Å². The monoisotopic (exact) mass is 307 g/mol. The van der Waals surface area contributed by atoms with Gasteiger partial charge in [0.15, 0.2) is 9.84 Å². The summed E-state index contributed by atoms with van der Waals surface area (Å²) >= 11 is 3.28. The fourth-order valence-electron chi connectivity index (χ4n) is 1.41. The summed E-state index contributed by atoms with van der Waals surface area (Å²) in [4.78, 5) is 0. The van der Waals surface area contributed by atoms with Crippen LogP contribution in [0.5, 0.6) is 0 Å². The number of hydrogen-bond donors (Lipinski definition) is 2. The van der Waals surface area contributed by atoms with Gasteiger partial charge in [-0.2, -0.15) is 0 Å². The molecule has 2 atom stereocenters. The lowest BCUT2D eigenvalue weighted by atomic mass is 10.1. The molecular weight excluding hydrogens is 294 g/mol. The molecule has 16 heavy (non-hydrogen) atoms. The van der Waals surface area contributed by atoms with E-state index >= 15 is 0 Å². The molecular formula is C10H14BrNO3S. The zero-order chi connectivity index (χ0) is 12.3. The second-order valence-corrected chi connectivity index (χ2v) is 6.81. The van der Waals surface area contributed by atoms with Crippen LogP contribution in [0.2, 0.25) is 0 Å². The van der Waals surface area contributed by atoms with Crippen LogP contribution in [0.4, 0.5) is 0 Å². The predicted molar refractivity (Wildman–Crippen MR) is 66.8 cm³/mol. The molecule has 3 N–H and O–H groups in total. The van der Waals surface area contributed by atoms with Gasteiger partial charge in [0, 0.05) is 16.8 Å². The zero-order valence-electron chi connectivity index (χ0n) is 8.80. The lowest BCUT2D eigenvalue weighted by molar-refractivity contribution is 0.278. The molecule has 0 aliphatic rings. The maximum Gasteiger partial charge on any atom is 0.154 e. The maximum atomic E-state index is 11.4. The van der Waals surface area contributed by atoms with Crippen molar-refractivity contribution >= 4 is 25.8 Å². The van der Waals surface area contributed by atoms with Crippen LogP contribution in [-0.4, -0.2) is 31.6 Å². The van der Waals surface area contributed by atoms with Gasteiger partial charge >= 0.3 is 0 Å². The Hall–Kier alpha value is -0.430. The summed E-state index contributed by atoms with van der Waals surface area (Å²) in [5, 5.41) is 8.12. The van der Waals surface area contributed by atoms with Gasteiger partial charge in [0.25, 0.3) is 0 Å². The standard InChI is InChI=1S/C10H14BrNO3S/c1-16(14,15)9(6-13)10(12)7-2-4-8(11)5-3-7/h2-5,9-10,13H,6,12H2,1H3/t9-,10+/m0/s1. The lowest BCUT2D eigenvalue weighted by Gasteiger charge is -2.20. The molecule has 1 aromatic carbocycles. The van der Waals surface area contributed by atoms with E-state index in [1.165, 1.54) is 0 Å². The number of aliphatic hydroxyl groups is 1. The first-order valence-corrected chi connectivity index (χ1v) is 7.42. The third kappa shape index (κ3) is 3.28. The van der Waals surface area contributed by atoms with E-state index in [1.54, 1.807) is 24.3 Å². The summed E-state index contributed by atoms with van der Waals surface area (Å²) in [6.45, 7) is -0.476. The van der Waals surface area contributed by atoms with Gasteiger partial charge in [-0.05, 0) is 17.7 Å². The van der Waals surface area contributed by atoms with E-state index in [1.807, 2.05) is 0 Å². The van der Waals surface area contributed by atoms with Gasteiger partial charge in [0.05, 0.1) is 6.61 Å². The molecule has 0 radical (unpaired) electrons. The maximum absolute atomic E-state index is 11.4. The minimum atomic E-state index is -3.36. The van der Waals surface area contributed by atoms with Crippen LogP contribution in [0.3, 0.4) is 0 Å². The van der Waals surface area contributed by atoms with Crippen LogP contribution in [0.15, 0.2) is 28.7 Å². The molecule has 0 fully saturated rings. The largest absolute Gasteiger partial charge is 0.395 e. The molecule has 0 amide bonds. The summed E-state index contributed by atoms with van der Waals surface area (Å²) in [7, 11) is -3.36. The summed E-state index contributed by atoms with van der Waals surface area (Å²) < 4.78 is 23.7. The highest BCUT2D eigenvalue weighted by Crippen LogP contribution is 2.21. The van der Waals surface area contributed by atoms with Crippen LogP contribution < -0.4 is 5.73 Å². The number of rotatable bonds is 4. The molecule has 0 aliphatic heterocycles. The molecule has 0 aliphatic carbocycles. The van der Waals surface area contributed by atoms with Gasteiger partial charge in [-0.15, -0.1) is 0 Å². The quantitative estimate of drug-likeness (QED) is 0.864. The van der Waals surface area contributed by atoms with Crippen molar-refractivity contribution in [1.82, 2.24) is 0 Å².